The van der Waals surface area contributed by atoms with Crippen LogP contribution < -0.4 is 11.3 Å². The van der Waals surface area contributed by atoms with Crippen LogP contribution in [0.1, 0.15) is 0 Å². The molecular weight excluding hydrogens is 98.1 g/mol. The van der Waals surface area contributed by atoms with Crippen LogP contribution in [0, 0.1) is 0 Å². The van der Waals surface area contributed by atoms with E-state index in [1.165, 1.54) is 16.5 Å². The fourth-order valence-corrected chi connectivity index (χ4v) is 0.274. The van der Waals surface area contributed by atoms with E-state index in [4.69, 9.17) is 5.84 Å². The van der Waals surface area contributed by atoms with E-state index >= 15 is 0 Å². The van der Waals surface area contributed by atoms with Crippen molar-refractivity contribution in [1.29, 1.82) is 0 Å². The van der Waals surface area contributed by atoms with E-state index < -0.39 is 0 Å². The molecule has 0 heterocycles. The average Bonchev–Trinajstić information content (AvgIpc) is 1.65. The molecule has 0 aromatic carbocycles. The second kappa shape index (κ2) is 3.42. The van der Waals surface area contributed by atoms with E-state index in [-0.39, 0.29) is 0 Å². The number of nitrogens with one attached hydrogen (secondary N) is 1. The van der Waals surface area contributed by atoms with Crippen molar-refractivity contribution >= 4 is 11.9 Å². The molecule has 0 fully saturated rings. The summed E-state index contributed by atoms with van der Waals surface area (Å²) in [4.78, 5) is 0. The van der Waals surface area contributed by atoms with Gasteiger partial charge in [-0.05, 0) is 18.2 Å². The van der Waals surface area contributed by atoms with Crippen molar-refractivity contribution < 1.29 is 0 Å². The van der Waals surface area contributed by atoms with Crippen LogP contribution in [0.5, 0.6) is 0 Å². The first-order valence-electron chi connectivity index (χ1n) is 1.57. The van der Waals surface area contributed by atoms with Gasteiger partial charge in [-0.2, -0.15) is 0 Å². The fraction of sp³-hybridized carbons (Fsp3) is 1.00. The summed E-state index contributed by atoms with van der Waals surface area (Å²) in [5.74, 6) is 5.16. The third-order valence-electron chi connectivity index (χ3n) is 0.417. The molecule has 6 heavy (non-hydrogen) atoms. The molecule has 0 aliphatic carbocycles. The van der Waals surface area contributed by atoms with Gasteiger partial charge < -0.3 is 0 Å². The molecule has 0 amide bonds. The molecule has 0 bridgehead atoms. The molecule has 4 heteroatoms. The van der Waals surface area contributed by atoms with Crippen LogP contribution in [0.3, 0.4) is 0 Å². The first-order chi connectivity index (χ1) is 2.81. The number of hydrogen-bond donors (Lipinski definition) is 2. The van der Waals surface area contributed by atoms with Gasteiger partial charge >= 0.3 is 0 Å². The molecule has 0 saturated heterocycles. The lowest BCUT2D eigenvalue weighted by Crippen LogP contribution is -2.34. The summed E-state index contributed by atoms with van der Waals surface area (Å²) < 4.78 is 1.42. The van der Waals surface area contributed by atoms with Gasteiger partial charge in [0.15, 0.2) is 0 Å². The van der Waals surface area contributed by atoms with Gasteiger partial charge in [-0.25, -0.2) is 11.3 Å². The minimum Gasteiger partial charge on any atom is -0.245 e. The molecule has 3 N–H and O–H groups in total. The highest BCUT2D eigenvalue weighted by Crippen LogP contribution is 1.87. The molecule has 0 spiro atoms. The highest BCUT2D eigenvalue weighted by Gasteiger charge is 1.81. The molecule has 3 nitrogen and oxygen atoms in total. The van der Waals surface area contributed by atoms with Crippen molar-refractivity contribution in [2.75, 3.05) is 13.3 Å². The first kappa shape index (κ1) is 6.23. The van der Waals surface area contributed by atoms with E-state index in [1.54, 1.807) is 7.05 Å². The Morgan fingerprint density at radius 2 is 2.33 bits per heavy atom. The molecule has 0 aliphatic rings. The van der Waals surface area contributed by atoms with Crippen LogP contribution >= 0.6 is 11.9 Å². The van der Waals surface area contributed by atoms with Crippen molar-refractivity contribution in [3.05, 3.63) is 0 Å². The minimum absolute atomic E-state index is 1.42. The van der Waals surface area contributed by atoms with Crippen molar-refractivity contribution in [3.8, 4) is 0 Å². The van der Waals surface area contributed by atoms with Crippen LogP contribution in [0.4, 0.5) is 0 Å². The molecular formula is C2H9N3S. The van der Waals surface area contributed by atoms with E-state index in [0.29, 0.717) is 0 Å². The van der Waals surface area contributed by atoms with Gasteiger partial charge in [0.25, 0.3) is 0 Å². The molecule has 0 aromatic rings. The monoisotopic (exact) mass is 107 g/mol. The summed E-state index contributed by atoms with van der Waals surface area (Å²) in [5, 5.41) is 0. The van der Waals surface area contributed by atoms with Gasteiger partial charge in [0, 0.05) is 7.05 Å². The summed E-state index contributed by atoms with van der Waals surface area (Å²) in [7, 11) is 1.76. The number of nitrogens with zero attached hydrogens (tertiary/aromatic N) is 1. The van der Waals surface area contributed by atoms with E-state index in [2.05, 4.69) is 5.43 Å². The standard InChI is InChI=1S/C2H9N3S/c1-4-5(3)6-2/h4H,3H2,1-2H3. The Hall–Kier alpha value is 0.230. The SMILES string of the molecule is CNN(N)SC. The van der Waals surface area contributed by atoms with Crippen LogP contribution in [0.25, 0.3) is 0 Å². The van der Waals surface area contributed by atoms with E-state index in [1.807, 2.05) is 6.26 Å². The lowest BCUT2D eigenvalue weighted by molar-refractivity contribution is 0.407. The molecule has 0 radical (unpaired) electrons. The van der Waals surface area contributed by atoms with Crippen molar-refractivity contribution in [2.24, 2.45) is 5.84 Å². The van der Waals surface area contributed by atoms with Gasteiger partial charge in [0.05, 0.1) is 0 Å². The zero-order chi connectivity index (χ0) is 4.99. The zero-order valence-electron chi connectivity index (χ0n) is 3.93. The number of hydrazine groups is 2. The van der Waals surface area contributed by atoms with Crippen molar-refractivity contribution in [1.82, 2.24) is 9.95 Å². The molecule has 0 saturated carbocycles. The average molecular weight is 107 g/mol. The minimum atomic E-state index is 1.42. The third kappa shape index (κ3) is 2.47. The van der Waals surface area contributed by atoms with Crippen molar-refractivity contribution in [3.63, 3.8) is 0 Å². The fourth-order valence-electron chi connectivity index (χ4n) is 0.0913. The predicted octanol–water partition coefficient (Wildman–Crippen LogP) is -0.425. The topological polar surface area (TPSA) is 41.3 Å². The maximum Gasteiger partial charge on any atom is 0.00100 e. The van der Waals surface area contributed by atoms with Gasteiger partial charge in [0.2, 0.25) is 0 Å². The van der Waals surface area contributed by atoms with Crippen LogP contribution in [-0.4, -0.2) is 17.8 Å². The second-order valence-corrected chi connectivity index (χ2v) is 1.49. The maximum atomic E-state index is 5.16. The normalized spacial score (nSPS) is 10.0. The summed E-state index contributed by atoms with van der Waals surface area (Å²) >= 11 is 1.42. The molecule has 38 valence electrons. The Balaban J connectivity index is 2.75. The quantitative estimate of drug-likeness (QED) is 0.285. The first-order valence-corrected chi connectivity index (χ1v) is 2.75. The zero-order valence-corrected chi connectivity index (χ0v) is 4.75. The largest absolute Gasteiger partial charge is 0.245 e. The van der Waals surface area contributed by atoms with E-state index in [0.717, 1.165) is 0 Å². The van der Waals surface area contributed by atoms with Crippen molar-refractivity contribution in [2.45, 2.75) is 0 Å². The van der Waals surface area contributed by atoms with Crippen LogP contribution in [0.2, 0.25) is 0 Å². The third-order valence-corrected chi connectivity index (χ3v) is 0.993. The molecule has 0 rings (SSSR count). The van der Waals surface area contributed by atoms with Gasteiger partial charge in [-0.1, -0.05) is 0 Å². The summed E-state index contributed by atoms with van der Waals surface area (Å²) in [5.41, 5.74) is 2.69. The Morgan fingerprint density at radius 3 is 2.33 bits per heavy atom. The van der Waals surface area contributed by atoms with E-state index in [9.17, 15) is 0 Å². The lowest BCUT2D eigenvalue weighted by Gasteiger charge is -2.07. The molecule has 0 aliphatic heterocycles. The van der Waals surface area contributed by atoms with Crippen LogP contribution in [-0.2, 0) is 0 Å². The number of nitrogens with two attached hydrogens (primary N) is 1. The van der Waals surface area contributed by atoms with Gasteiger partial charge in [-0.3, -0.25) is 0 Å². The highest BCUT2D eigenvalue weighted by molar-refractivity contribution is 7.96. The van der Waals surface area contributed by atoms with Gasteiger partial charge in [-0.15, -0.1) is 4.52 Å². The lowest BCUT2D eigenvalue weighted by atomic mass is 11.5. The Bertz CT molecular complexity index is 28.0. The molecule has 0 aromatic heterocycles. The smallest absolute Gasteiger partial charge is 0.00100 e. The Labute approximate surface area is 42.0 Å². The number of hydrogen-bond acceptors (Lipinski definition) is 4. The summed E-state index contributed by atoms with van der Waals surface area (Å²) in [6.45, 7) is 0. The second-order valence-electron chi connectivity index (χ2n) is 0.732. The van der Waals surface area contributed by atoms with Gasteiger partial charge in [0.1, 0.15) is 0 Å². The maximum absolute atomic E-state index is 5.16. The summed E-state index contributed by atoms with van der Waals surface area (Å²) in [6.07, 6.45) is 1.89. The molecule has 0 atom stereocenters. The highest BCUT2D eigenvalue weighted by atomic mass is 32.2. The van der Waals surface area contributed by atoms with Crippen LogP contribution in [0.15, 0.2) is 0 Å². The molecule has 0 unspecified atom stereocenters. The summed E-state index contributed by atoms with van der Waals surface area (Å²) in [6, 6.07) is 0. The predicted molar refractivity (Wildman–Crippen MR) is 28.6 cm³/mol. The Morgan fingerprint density at radius 1 is 1.83 bits per heavy atom. The number of rotatable bonds is 2. The Kier molecular flexibility index (Phi) is 3.55.